The molecule has 7 heteroatoms. The van der Waals surface area contributed by atoms with Crippen molar-refractivity contribution in [1.29, 1.82) is 0 Å². The van der Waals surface area contributed by atoms with E-state index in [0.717, 1.165) is 5.56 Å². The molecule has 0 aliphatic rings. The highest BCUT2D eigenvalue weighted by molar-refractivity contribution is 6.02. The van der Waals surface area contributed by atoms with E-state index in [4.69, 9.17) is 9.15 Å². The number of amides is 1. The van der Waals surface area contributed by atoms with Gasteiger partial charge in [-0.15, -0.1) is 0 Å². The molecule has 2 heterocycles. The summed E-state index contributed by atoms with van der Waals surface area (Å²) in [5.41, 5.74) is 2.11. The Kier molecular flexibility index (Phi) is 4.01. The average molecular weight is 311 g/mol. The summed E-state index contributed by atoms with van der Waals surface area (Å²) in [7, 11) is 0. The summed E-state index contributed by atoms with van der Waals surface area (Å²) in [4.78, 5) is 31.9. The fourth-order valence-corrected chi connectivity index (χ4v) is 1.98. The minimum absolute atomic E-state index is 0.248. The summed E-state index contributed by atoms with van der Waals surface area (Å²) in [5, 5.41) is 2.55. The summed E-state index contributed by atoms with van der Waals surface area (Å²) >= 11 is 0. The van der Waals surface area contributed by atoms with Crippen LogP contribution in [0.3, 0.4) is 0 Å². The van der Waals surface area contributed by atoms with Gasteiger partial charge in [0.15, 0.2) is 18.6 Å². The van der Waals surface area contributed by atoms with Gasteiger partial charge in [-0.05, 0) is 30.7 Å². The molecule has 0 saturated heterocycles. The van der Waals surface area contributed by atoms with Crippen molar-refractivity contribution in [3.05, 3.63) is 54.0 Å². The first-order valence-electron chi connectivity index (χ1n) is 6.85. The third-order valence-corrected chi connectivity index (χ3v) is 3.09. The first-order valence-corrected chi connectivity index (χ1v) is 6.85. The van der Waals surface area contributed by atoms with Gasteiger partial charge < -0.3 is 14.5 Å². The molecule has 1 N–H and O–H groups in total. The number of esters is 1. The minimum atomic E-state index is -0.642. The average Bonchev–Trinajstić information content (AvgIpc) is 3.03. The molecule has 0 spiro atoms. The second kappa shape index (κ2) is 6.27. The molecule has 0 bridgehead atoms. The quantitative estimate of drug-likeness (QED) is 0.743. The first kappa shape index (κ1) is 14.7. The van der Waals surface area contributed by atoms with Crippen molar-refractivity contribution in [1.82, 2.24) is 9.97 Å². The van der Waals surface area contributed by atoms with E-state index < -0.39 is 18.5 Å². The van der Waals surface area contributed by atoms with E-state index in [2.05, 4.69) is 15.3 Å². The van der Waals surface area contributed by atoms with Gasteiger partial charge in [0.1, 0.15) is 11.3 Å². The Morgan fingerprint density at radius 3 is 2.87 bits per heavy atom. The summed E-state index contributed by atoms with van der Waals surface area (Å²) in [6, 6.07) is 8.40. The van der Waals surface area contributed by atoms with Crippen molar-refractivity contribution in [2.75, 3.05) is 11.9 Å². The third kappa shape index (κ3) is 3.34. The first-order chi connectivity index (χ1) is 11.1. The lowest BCUT2D eigenvalue weighted by atomic mass is 10.2. The number of benzene rings is 1. The third-order valence-electron chi connectivity index (χ3n) is 3.09. The van der Waals surface area contributed by atoms with Crippen LogP contribution in [-0.2, 0) is 9.53 Å². The van der Waals surface area contributed by atoms with Gasteiger partial charge in [-0.1, -0.05) is 12.1 Å². The maximum atomic E-state index is 12.1. The van der Waals surface area contributed by atoms with Crippen LogP contribution in [0.25, 0.3) is 11.1 Å². The number of carbonyl (C=O) groups is 2. The van der Waals surface area contributed by atoms with Crippen LogP contribution in [0.2, 0.25) is 0 Å². The molecule has 3 rings (SSSR count). The van der Waals surface area contributed by atoms with Gasteiger partial charge in [-0.3, -0.25) is 4.79 Å². The van der Waals surface area contributed by atoms with Crippen molar-refractivity contribution in [3.63, 3.8) is 0 Å². The van der Waals surface area contributed by atoms with Gasteiger partial charge in [0.25, 0.3) is 5.91 Å². The lowest BCUT2D eigenvalue weighted by Crippen LogP contribution is -2.21. The summed E-state index contributed by atoms with van der Waals surface area (Å²) in [5.74, 6) is -0.714. The predicted octanol–water partition coefficient (Wildman–Crippen LogP) is 2.33. The fraction of sp³-hybridized carbons (Fsp3) is 0.125. The van der Waals surface area contributed by atoms with E-state index in [-0.39, 0.29) is 5.56 Å². The Bertz CT molecular complexity index is 855. The van der Waals surface area contributed by atoms with Crippen LogP contribution in [-0.4, -0.2) is 28.5 Å². The number of oxazole rings is 1. The molecule has 7 nitrogen and oxygen atoms in total. The highest BCUT2D eigenvalue weighted by Crippen LogP contribution is 2.17. The zero-order valence-corrected chi connectivity index (χ0v) is 12.3. The summed E-state index contributed by atoms with van der Waals surface area (Å²) in [6.07, 6.45) is 2.88. The van der Waals surface area contributed by atoms with Crippen LogP contribution < -0.4 is 5.32 Å². The molecule has 116 valence electrons. The molecule has 1 amide bonds. The van der Waals surface area contributed by atoms with Crippen LogP contribution in [0.4, 0.5) is 5.82 Å². The number of aromatic nitrogens is 2. The second-order valence-electron chi connectivity index (χ2n) is 4.85. The molecule has 2 aromatic heterocycles. The predicted molar refractivity (Wildman–Crippen MR) is 81.9 cm³/mol. The van der Waals surface area contributed by atoms with E-state index in [1.165, 1.54) is 6.39 Å². The Morgan fingerprint density at radius 2 is 2.09 bits per heavy atom. The number of aryl methyl sites for hydroxylation is 1. The summed E-state index contributed by atoms with van der Waals surface area (Å²) in [6.45, 7) is 1.48. The maximum Gasteiger partial charge on any atom is 0.340 e. The molecule has 0 radical (unpaired) electrons. The van der Waals surface area contributed by atoms with E-state index in [0.29, 0.717) is 16.9 Å². The summed E-state index contributed by atoms with van der Waals surface area (Å²) < 4.78 is 10.1. The number of fused-ring (bicyclic) bond motifs is 1. The molecular formula is C16H13N3O4. The minimum Gasteiger partial charge on any atom is -0.452 e. The molecule has 0 unspecified atom stereocenters. The molecule has 0 fully saturated rings. The number of hydrogen-bond acceptors (Lipinski definition) is 6. The fourth-order valence-electron chi connectivity index (χ4n) is 1.98. The van der Waals surface area contributed by atoms with Crippen LogP contribution in [0.5, 0.6) is 0 Å². The molecule has 0 saturated carbocycles. The number of hydrogen-bond donors (Lipinski definition) is 1. The topological polar surface area (TPSA) is 94.3 Å². The SMILES string of the molecule is Cc1ccc(NC(=O)COC(=O)c2cccc3ocnc23)nc1. The number of anilines is 1. The zero-order valence-electron chi connectivity index (χ0n) is 12.3. The van der Waals surface area contributed by atoms with Gasteiger partial charge in [0, 0.05) is 6.20 Å². The molecule has 1 aromatic carbocycles. The number of pyridine rings is 1. The van der Waals surface area contributed by atoms with Gasteiger partial charge in [0.2, 0.25) is 0 Å². The highest BCUT2D eigenvalue weighted by atomic mass is 16.5. The van der Waals surface area contributed by atoms with Gasteiger partial charge in [-0.2, -0.15) is 0 Å². The normalized spacial score (nSPS) is 10.5. The van der Waals surface area contributed by atoms with Gasteiger partial charge >= 0.3 is 5.97 Å². The number of carbonyl (C=O) groups excluding carboxylic acids is 2. The Balaban J connectivity index is 1.61. The van der Waals surface area contributed by atoms with Crippen molar-refractivity contribution in [2.24, 2.45) is 0 Å². The van der Waals surface area contributed by atoms with Crippen LogP contribution in [0.15, 0.2) is 47.3 Å². The van der Waals surface area contributed by atoms with Crippen molar-refractivity contribution < 1.29 is 18.7 Å². The Hall–Kier alpha value is -3.22. The number of para-hydroxylation sites is 1. The number of rotatable bonds is 4. The standard InChI is InChI=1S/C16H13N3O4/c1-10-5-6-13(17-7-10)19-14(20)8-22-16(21)11-3-2-4-12-15(11)18-9-23-12/h2-7,9H,8H2,1H3,(H,17,19,20). The van der Waals surface area contributed by atoms with Crippen LogP contribution in [0, 0.1) is 6.92 Å². The van der Waals surface area contributed by atoms with E-state index >= 15 is 0 Å². The second-order valence-corrected chi connectivity index (χ2v) is 4.85. The van der Waals surface area contributed by atoms with Gasteiger partial charge in [-0.25, -0.2) is 14.8 Å². The number of nitrogens with zero attached hydrogens (tertiary/aromatic N) is 2. The molecular weight excluding hydrogens is 298 g/mol. The Labute approximate surface area is 131 Å². The van der Waals surface area contributed by atoms with E-state index in [1.807, 2.05) is 13.0 Å². The number of ether oxygens (including phenoxy) is 1. The van der Waals surface area contributed by atoms with Crippen LogP contribution >= 0.6 is 0 Å². The van der Waals surface area contributed by atoms with Gasteiger partial charge in [0.05, 0.1) is 5.56 Å². The van der Waals surface area contributed by atoms with E-state index in [9.17, 15) is 9.59 Å². The largest absolute Gasteiger partial charge is 0.452 e. The smallest absolute Gasteiger partial charge is 0.340 e. The van der Waals surface area contributed by atoms with Crippen molar-refractivity contribution in [3.8, 4) is 0 Å². The lowest BCUT2D eigenvalue weighted by molar-refractivity contribution is -0.119. The monoisotopic (exact) mass is 311 g/mol. The molecule has 3 aromatic rings. The molecule has 0 atom stereocenters. The van der Waals surface area contributed by atoms with Crippen LogP contribution in [0.1, 0.15) is 15.9 Å². The lowest BCUT2D eigenvalue weighted by Gasteiger charge is -2.06. The number of nitrogens with one attached hydrogen (secondary N) is 1. The van der Waals surface area contributed by atoms with E-state index in [1.54, 1.807) is 30.5 Å². The maximum absolute atomic E-state index is 12.1. The highest BCUT2D eigenvalue weighted by Gasteiger charge is 2.15. The molecule has 0 aliphatic heterocycles. The molecule has 23 heavy (non-hydrogen) atoms. The molecule has 0 aliphatic carbocycles. The van der Waals surface area contributed by atoms with Crippen molar-refractivity contribution >= 4 is 28.8 Å². The van der Waals surface area contributed by atoms with Crippen molar-refractivity contribution in [2.45, 2.75) is 6.92 Å². The zero-order chi connectivity index (χ0) is 16.2. The Morgan fingerprint density at radius 1 is 1.22 bits per heavy atom.